The molecule has 24 heavy (non-hydrogen) atoms. The molecule has 0 unspecified atom stereocenters. The first kappa shape index (κ1) is 15.2. The van der Waals surface area contributed by atoms with E-state index >= 15 is 0 Å². The van der Waals surface area contributed by atoms with E-state index in [0.717, 1.165) is 42.5 Å². The molecule has 1 aromatic carbocycles. The highest BCUT2D eigenvalue weighted by Gasteiger charge is 2.25. The van der Waals surface area contributed by atoms with Crippen molar-refractivity contribution in [2.24, 2.45) is 0 Å². The van der Waals surface area contributed by atoms with Crippen LogP contribution in [0.3, 0.4) is 0 Å². The average Bonchev–Trinajstić information content (AvgIpc) is 3.11. The van der Waals surface area contributed by atoms with Crippen molar-refractivity contribution < 1.29 is 9.47 Å². The minimum atomic E-state index is 0.457. The van der Waals surface area contributed by atoms with Crippen molar-refractivity contribution in [1.82, 2.24) is 15.5 Å². The van der Waals surface area contributed by atoms with Crippen molar-refractivity contribution in [2.75, 3.05) is 31.2 Å². The highest BCUT2D eigenvalue weighted by Crippen LogP contribution is 2.33. The first-order valence-electron chi connectivity index (χ1n) is 8.54. The van der Waals surface area contributed by atoms with Crippen molar-refractivity contribution in [1.29, 1.82) is 0 Å². The zero-order chi connectivity index (χ0) is 16.2. The number of hydrogen-bond donors (Lipinski definition) is 1. The highest BCUT2D eigenvalue weighted by atomic mass is 16.6. The number of anilines is 1. The molecule has 1 saturated heterocycles. The van der Waals surface area contributed by atoms with Crippen LogP contribution in [0.25, 0.3) is 0 Å². The highest BCUT2D eigenvalue weighted by molar-refractivity contribution is 5.47. The number of nitrogens with one attached hydrogen (secondary N) is 1. The summed E-state index contributed by atoms with van der Waals surface area (Å²) >= 11 is 0. The van der Waals surface area contributed by atoms with Gasteiger partial charge in [0.15, 0.2) is 17.3 Å². The molecule has 0 radical (unpaired) electrons. The van der Waals surface area contributed by atoms with Gasteiger partial charge in [0.2, 0.25) is 0 Å². The van der Waals surface area contributed by atoms with E-state index < -0.39 is 0 Å². The van der Waals surface area contributed by atoms with E-state index in [9.17, 15) is 0 Å². The molecule has 0 aliphatic carbocycles. The van der Waals surface area contributed by atoms with Crippen LogP contribution >= 0.6 is 0 Å². The summed E-state index contributed by atoms with van der Waals surface area (Å²) < 4.78 is 11.4. The van der Waals surface area contributed by atoms with Crippen LogP contribution in [0.1, 0.15) is 18.4 Å². The first-order chi connectivity index (χ1) is 11.9. The van der Waals surface area contributed by atoms with Crippen LogP contribution in [0.4, 0.5) is 5.82 Å². The Morgan fingerprint density at radius 2 is 2.12 bits per heavy atom. The summed E-state index contributed by atoms with van der Waals surface area (Å²) in [5.74, 6) is 2.70. The number of fused-ring (bicyclic) bond motifs is 1. The lowest BCUT2D eigenvalue weighted by Gasteiger charge is -2.26. The number of ether oxygens (including phenoxy) is 2. The monoisotopic (exact) mass is 326 g/mol. The molecule has 0 saturated carbocycles. The fourth-order valence-electron chi connectivity index (χ4n) is 3.44. The van der Waals surface area contributed by atoms with Gasteiger partial charge in [0.1, 0.15) is 13.2 Å². The third kappa shape index (κ3) is 3.14. The summed E-state index contributed by atoms with van der Waals surface area (Å²) in [4.78, 5) is 2.35. The standard InChI is InChI=1S/C18H22N4O2/c1-4-14(18-16(6-1)23-10-11-24-18)12-19-13-15-5-3-9-22(15)17-7-2-8-20-21-17/h1-2,4,6-8,15,19H,3,5,9-13H2/t15-/m0/s1. The smallest absolute Gasteiger partial charge is 0.165 e. The summed E-state index contributed by atoms with van der Waals surface area (Å²) in [5.41, 5.74) is 1.15. The second kappa shape index (κ2) is 7.05. The van der Waals surface area contributed by atoms with E-state index in [-0.39, 0.29) is 0 Å². The number of benzene rings is 1. The number of para-hydroxylation sites is 1. The Balaban J connectivity index is 1.37. The fourth-order valence-corrected chi connectivity index (χ4v) is 3.44. The van der Waals surface area contributed by atoms with Crippen molar-refractivity contribution >= 4 is 5.82 Å². The normalized spacial score (nSPS) is 19.5. The Hall–Kier alpha value is -2.34. The third-order valence-corrected chi connectivity index (χ3v) is 4.57. The van der Waals surface area contributed by atoms with Crippen LogP contribution in [-0.4, -0.2) is 42.5 Å². The molecular formula is C18H22N4O2. The van der Waals surface area contributed by atoms with Crippen molar-refractivity contribution in [3.63, 3.8) is 0 Å². The molecule has 2 aromatic rings. The molecule has 1 N–H and O–H groups in total. The number of rotatable bonds is 5. The molecule has 0 spiro atoms. The molecule has 1 aromatic heterocycles. The van der Waals surface area contributed by atoms with Gasteiger partial charge in [-0.2, -0.15) is 5.10 Å². The summed E-state index contributed by atoms with van der Waals surface area (Å²) in [7, 11) is 0. The topological polar surface area (TPSA) is 59.5 Å². The van der Waals surface area contributed by atoms with Gasteiger partial charge in [0.25, 0.3) is 0 Å². The molecule has 3 heterocycles. The van der Waals surface area contributed by atoms with Crippen molar-refractivity contribution in [3.8, 4) is 11.5 Å². The Morgan fingerprint density at radius 3 is 3.04 bits per heavy atom. The Kier molecular flexibility index (Phi) is 4.46. The van der Waals surface area contributed by atoms with Gasteiger partial charge in [0, 0.05) is 37.4 Å². The first-order valence-corrected chi connectivity index (χ1v) is 8.54. The van der Waals surface area contributed by atoms with E-state index in [1.54, 1.807) is 6.20 Å². The maximum absolute atomic E-state index is 5.77. The molecule has 1 atom stereocenters. The van der Waals surface area contributed by atoms with Gasteiger partial charge in [-0.1, -0.05) is 12.1 Å². The van der Waals surface area contributed by atoms with E-state index in [4.69, 9.17) is 9.47 Å². The SMILES string of the molecule is c1cnnc(N2CCC[C@H]2CNCc2cccc3c2OCCO3)c1. The zero-order valence-electron chi connectivity index (χ0n) is 13.6. The Morgan fingerprint density at radius 1 is 1.17 bits per heavy atom. The van der Waals surface area contributed by atoms with Crippen LogP contribution in [0.2, 0.25) is 0 Å². The second-order valence-corrected chi connectivity index (χ2v) is 6.14. The van der Waals surface area contributed by atoms with Crippen molar-refractivity contribution in [2.45, 2.75) is 25.4 Å². The minimum Gasteiger partial charge on any atom is -0.486 e. The van der Waals surface area contributed by atoms with Crippen molar-refractivity contribution in [3.05, 3.63) is 42.1 Å². The molecule has 1 fully saturated rings. The van der Waals surface area contributed by atoms with E-state index in [1.165, 1.54) is 12.8 Å². The number of aromatic nitrogens is 2. The third-order valence-electron chi connectivity index (χ3n) is 4.57. The molecule has 0 amide bonds. The van der Waals surface area contributed by atoms with Gasteiger partial charge in [0.05, 0.1) is 0 Å². The number of nitrogens with zero attached hydrogens (tertiary/aromatic N) is 3. The van der Waals surface area contributed by atoms with E-state index in [2.05, 4.69) is 26.5 Å². The van der Waals surface area contributed by atoms with Gasteiger partial charge in [-0.25, -0.2) is 0 Å². The van der Waals surface area contributed by atoms with Crippen LogP contribution < -0.4 is 19.7 Å². The average molecular weight is 326 g/mol. The van der Waals surface area contributed by atoms with Crippen LogP contribution in [0.15, 0.2) is 36.5 Å². The Labute approximate surface area is 141 Å². The molecule has 2 aliphatic rings. The van der Waals surface area contributed by atoms with E-state index in [1.807, 2.05) is 24.3 Å². The predicted octanol–water partition coefficient (Wildman–Crippen LogP) is 2.01. The van der Waals surface area contributed by atoms with E-state index in [0.29, 0.717) is 19.3 Å². The lowest BCUT2D eigenvalue weighted by atomic mass is 10.1. The maximum atomic E-state index is 5.77. The predicted molar refractivity (Wildman–Crippen MR) is 91.5 cm³/mol. The summed E-state index contributed by atoms with van der Waals surface area (Å²) in [6.07, 6.45) is 4.09. The van der Waals surface area contributed by atoms with Gasteiger partial charge < -0.3 is 19.7 Å². The van der Waals surface area contributed by atoms with Gasteiger partial charge in [-0.05, 0) is 31.0 Å². The van der Waals surface area contributed by atoms with Crippen LogP contribution in [-0.2, 0) is 6.54 Å². The summed E-state index contributed by atoms with van der Waals surface area (Å²) in [6, 6.07) is 10.5. The minimum absolute atomic E-state index is 0.457. The number of hydrogen-bond acceptors (Lipinski definition) is 6. The molecule has 2 aliphatic heterocycles. The second-order valence-electron chi connectivity index (χ2n) is 6.14. The quantitative estimate of drug-likeness (QED) is 0.907. The lowest BCUT2D eigenvalue weighted by molar-refractivity contribution is 0.169. The van der Waals surface area contributed by atoms with Crippen LogP contribution in [0.5, 0.6) is 11.5 Å². The lowest BCUT2D eigenvalue weighted by Crippen LogP contribution is -2.38. The summed E-state index contributed by atoms with van der Waals surface area (Å²) in [6.45, 7) is 3.98. The van der Waals surface area contributed by atoms with Gasteiger partial charge >= 0.3 is 0 Å². The fraction of sp³-hybridized carbons (Fsp3) is 0.444. The maximum Gasteiger partial charge on any atom is 0.165 e. The summed E-state index contributed by atoms with van der Waals surface area (Å²) in [5, 5.41) is 11.8. The Bertz CT molecular complexity index is 680. The van der Waals surface area contributed by atoms with Crippen LogP contribution in [0, 0.1) is 0 Å². The van der Waals surface area contributed by atoms with Gasteiger partial charge in [-0.3, -0.25) is 0 Å². The van der Waals surface area contributed by atoms with Gasteiger partial charge in [-0.15, -0.1) is 5.10 Å². The molecular weight excluding hydrogens is 304 g/mol. The molecule has 4 rings (SSSR count). The molecule has 126 valence electrons. The molecule has 0 bridgehead atoms. The zero-order valence-corrected chi connectivity index (χ0v) is 13.6. The molecule has 6 heteroatoms. The largest absolute Gasteiger partial charge is 0.486 e. The molecule has 6 nitrogen and oxygen atoms in total.